The van der Waals surface area contributed by atoms with E-state index in [4.69, 9.17) is 9.84 Å². The maximum atomic E-state index is 13.3. The lowest BCUT2D eigenvalue weighted by atomic mass is 9.94. The molecule has 8 nitrogen and oxygen atoms in total. The number of thiazole rings is 1. The minimum absolute atomic E-state index is 0.0522. The molecule has 12 heteroatoms. The number of aliphatic hydroxyl groups excluding tert-OH is 2. The number of alkyl halides is 3. The highest BCUT2D eigenvalue weighted by Crippen LogP contribution is 2.39. The van der Waals surface area contributed by atoms with Crippen LogP contribution in [0.1, 0.15) is 47.6 Å². The molecule has 0 fully saturated rings. The standard InChI is InChI=1S/C19H18F3N5O3S/c20-19(21,22)10-4-16(30-15-3-1-2-12-11(15)6-23-9-25-12)17(24-5-10)27-18-26-13(8-31-18)14(29)7-28/h4-6,8-9,14-15,28-29H,1-3,7H2,(H,24,26,27). The fraction of sp³-hybridized carbons (Fsp3) is 0.368. The normalized spacial score (nSPS) is 17.1. The minimum atomic E-state index is -4.59. The molecule has 3 heterocycles. The number of hydrogen-bond acceptors (Lipinski definition) is 9. The lowest BCUT2D eigenvalue weighted by Crippen LogP contribution is -2.18. The van der Waals surface area contributed by atoms with Crippen LogP contribution in [0.25, 0.3) is 0 Å². The molecule has 3 aromatic rings. The molecular weight excluding hydrogens is 435 g/mol. The summed E-state index contributed by atoms with van der Waals surface area (Å²) >= 11 is 1.11. The highest BCUT2D eigenvalue weighted by atomic mass is 32.1. The summed E-state index contributed by atoms with van der Waals surface area (Å²) in [5.74, 6) is -0.0349. The lowest BCUT2D eigenvalue weighted by molar-refractivity contribution is -0.138. The molecule has 164 valence electrons. The van der Waals surface area contributed by atoms with Gasteiger partial charge >= 0.3 is 6.18 Å². The molecule has 0 saturated carbocycles. The first-order chi connectivity index (χ1) is 14.8. The van der Waals surface area contributed by atoms with Crippen molar-refractivity contribution in [2.75, 3.05) is 11.9 Å². The Bertz CT molecular complexity index is 1060. The first-order valence-corrected chi connectivity index (χ1v) is 10.3. The molecule has 4 rings (SSSR count). The molecule has 3 aromatic heterocycles. The van der Waals surface area contributed by atoms with E-state index in [0.717, 1.165) is 41.5 Å². The number of aliphatic hydroxyl groups is 2. The summed E-state index contributed by atoms with van der Waals surface area (Å²) in [6, 6.07) is 0.893. The maximum Gasteiger partial charge on any atom is 0.418 e. The number of anilines is 2. The average Bonchev–Trinajstić information content (AvgIpc) is 3.22. The number of aryl methyl sites for hydroxylation is 1. The summed E-state index contributed by atoms with van der Waals surface area (Å²) in [6.07, 6.45) is -0.371. The van der Waals surface area contributed by atoms with Crippen molar-refractivity contribution in [1.82, 2.24) is 19.9 Å². The van der Waals surface area contributed by atoms with Gasteiger partial charge in [0.15, 0.2) is 16.7 Å². The minimum Gasteiger partial charge on any atom is -0.482 e. The summed E-state index contributed by atoms with van der Waals surface area (Å²) in [5, 5.41) is 23.4. The number of nitrogens with zero attached hydrogens (tertiary/aromatic N) is 4. The molecule has 0 aromatic carbocycles. The third-order valence-corrected chi connectivity index (χ3v) is 5.54. The van der Waals surface area contributed by atoms with E-state index in [1.807, 2.05) is 0 Å². The van der Waals surface area contributed by atoms with Gasteiger partial charge in [-0.25, -0.2) is 19.9 Å². The topological polar surface area (TPSA) is 113 Å². The van der Waals surface area contributed by atoms with Crippen LogP contribution in [-0.4, -0.2) is 36.8 Å². The summed E-state index contributed by atoms with van der Waals surface area (Å²) in [5.41, 5.74) is 0.842. The second-order valence-corrected chi connectivity index (χ2v) is 7.75. The Kier molecular flexibility index (Phi) is 6.03. The first kappa shape index (κ1) is 21.4. The predicted octanol–water partition coefficient (Wildman–Crippen LogP) is 3.57. The molecule has 3 N–H and O–H groups in total. The smallest absolute Gasteiger partial charge is 0.418 e. The van der Waals surface area contributed by atoms with Crippen LogP contribution in [0.15, 0.2) is 30.2 Å². The molecule has 0 aliphatic heterocycles. The third-order valence-electron chi connectivity index (χ3n) is 4.76. The monoisotopic (exact) mass is 453 g/mol. The Hall–Kier alpha value is -2.83. The van der Waals surface area contributed by atoms with Crippen molar-refractivity contribution in [2.24, 2.45) is 0 Å². The van der Waals surface area contributed by atoms with Crippen molar-refractivity contribution in [1.29, 1.82) is 0 Å². The van der Waals surface area contributed by atoms with E-state index < -0.39 is 30.6 Å². The second kappa shape index (κ2) is 8.73. The van der Waals surface area contributed by atoms with Gasteiger partial charge in [0.25, 0.3) is 0 Å². The number of pyridine rings is 1. The van der Waals surface area contributed by atoms with Crippen molar-refractivity contribution >= 4 is 22.3 Å². The van der Waals surface area contributed by atoms with Crippen LogP contribution >= 0.6 is 11.3 Å². The third kappa shape index (κ3) is 4.75. The molecule has 0 amide bonds. The molecule has 2 atom stereocenters. The van der Waals surface area contributed by atoms with E-state index >= 15 is 0 Å². The second-order valence-electron chi connectivity index (χ2n) is 6.89. The molecule has 0 spiro atoms. The number of ether oxygens (including phenoxy) is 1. The number of aromatic nitrogens is 4. The lowest BCUT2D eigenvalue weighted by Gasteiger charge is -2.26. The maximum absolute atomic E-state index is 13.3. The van der Waals surface area contributed by atoms with Crippen LogP contribution in [-0.2, 0) is 12.6 Å². The van der Waals surface area contributed by atoms with Crippen LogP contribution in [0.4, 0.5) is 24.1 Å². The Labute approximate surface area is 178 Å². The Balaban J connectivity index is 1.66. The van der Waals surface area contributed by atoms with Gasteiger partial charge in [-0.2, -0.15) is 13.2 Å². The van der Waals surface area contributed by atoms with Crippen molar-refractivity contribution in [2.45, 2.75) is 37.6 Å². The number of halogens is 3. The molecule has 1 aliphatic rings. The van der Waals surface area contributed by atoms with E-state index in [1.165, 1.54) is 11.7 Å². The summed E-state index contributed by atoms with van der Waals surface area (Å²) in [4.78, 5) is 16.3. The molecular formula is C19H18F3N5O3S. The van der Waals surface area contributed by atoms with E-state index in [2.05, 4.69) is 25.3 Å². The van der Waals surface area contributed by atoms with Gasteiger partial charge < -0.3 is 20.3 Å². The fourth-order valence-corrected chi connectivity index (χ4v) is 3.96. The molecule has 0 radical (unpaired) electrons. The number of fused-ring (bicyclic) bond motifs is 1. The van der Waals surface area contributed by atoms with Crippen LogP contribution in [0.3, 0.4) is 0 Å². The van der Waals surface area contributed by atoms with Gasteiger partial charge in [0.05, 0.1) is 23.6 Å². The Morgan fingerprint density at radius 1 is 1.29 bits per heavy atom. The average molecular weight is 453 g/mol. The SMILES string of the molecule is OCC(O)c1csc(Nc2ncc(C(F)(F)F)cc2OC2CCCc3ncncc32)n1. The van der Waals surface area contributed by atoms with E-state index in [1.54, 1.807) is 6.20 Å². The number of nitrogens with one attached hydrogen (secondary N) is 1. The molecule has 31 heavy (non-hydrogen) atoms. The van der Waals surface area contributed by atoms with Gasteiger partial charge in [-0.15, -0.1) is 11.3 Å². The van der Waals surface area contributed by atoms with Crippen molar-refractivity contribution in [3.63, 3.8) is 0 Å². The van der Waals surface area contributed by atoms with Crippen molar-refractivity contribution in [3.8, 4) is 5.75 Å². The molecule has 0 saturated heterocycles. The summed E-state index contributed by atoms with van der Waals surface area (Å²) < 4.78 is 45.8. The van der Waals surface area contributed by atoms with Gasteiger partial charge in [0.1, 0.15) is 18.5 Å². The van der Waals surface area contributed by atoms with Crippen molar-refractivity contribution in [3.05, 3.63) is 52.7 Å². The highest BCUT2D eigenvalue weighted by Gasteiger charge is 2.33. The number of hydrogen-bond donors (Lipinski definition) is 3. The van der Waals surface area contributed by atoms with Gasteiger partial charge in [-0.1, -0.05) is 0 Å². The van der Waals surface area contributed by atoms with Crippen LogP contribution in [0.5, 0.6) is 5.75 Å². The van der Waals surface area contributed by atoms with E-state index in [9.17, 15) is 18.3 Å². The number of rotatable bonds is 6. The molecule has 1 aliphatic carbocycles. The van der Waals surface area contributed by atoms with Crippen molar-refractivity contribution < 1.29 is 28.1 Å². The van der Waals surface area contributed by atoms with Gasteiger partial charge in [-0.3, -0.25) is 0 Å². The van der Waals surface area contributed by atoms with Crippen LogP contribution < -0.4 is 10.1 Å². The Morgan fingerprint density at radius 2 is 2.13 bits per heavy atom. The zero-order valence-electron chi connectivity index (χ0n) is 16.0. The van der Waals surface area contributed by atoms with E-state index in [-0.39, 0.29) is 22.4 Å². The van der Waals surface area contributed by atoms with Gasteiger partial charge in [0.2, 0.25) is 0 Å². The quantitative estimate of drug-likeness (QED) is 0.519. The van der Waals surface area contributed by atoms with Crippen LogP contribution in [0, 0.1) is 0 Å². The molecule has 2 unspecified atom stereocenters. The largest absolute Gasteiger partial charge is 0.482 e. The molecule has 0 bridgehead atoms. The predicted molar refractivity (Wildman–Crippen MR) is 105 cm³/mol. The van der Waals surface area contributed by atoms with E-state index in [0.29, 0.717) is 12.6 Å². The van der Waals surface area contributed by atoms with Gasteiger partial charge in [-0.05, 0) is 25.3 Å². The van der Waals surface area contributed by atoms with Gasteiger partial charge in [0, 0.05) is 23.3 Å². The highest BCUT2D eigenvalue weighted by molar-refractivity contribution is 7.13. The Morgan fingerprint density at radius 3 is 2.90 bits per heavy atom. The summed E-state index contributed by atoms with van der Waals surface area (Å²) in [6.45, 7) is -0.501. The zero-order chi connectivity index (χ0) is 22.0. The van der Waals surface area contributed by atoms with Crippen LogP contribution in [0.2, 0.25) is 0 Å². The first-order valence-electron chi connectivity index (χ1n) is 9.39. The summed E-state index contributed by atoms with van der Waals surface area (Å²) in [7, 11) is 0. The zero-order valence-corrected chi connectivity index (χ0v) is 16.8. The fourth-order valence-electron chi connectivity index (χ4n) is 3.20.